The van der Waals surface area contributed by atoms with E-state index in [-0.39, 0.29) is 24.4 Å². The van der Waals surface area contributed by atoms with Gasteiger partial charge in [-0.05, 0) is 11.6 Å². The molecule has 0 bridgehead atoms. The van der Waals surface area contributed by atoms with Crippen molar-refractivity contribution in [2.45, 2.75) is 6.04 Å². The van der Waals surface area contributed by atoms with Crippen LogP contribution >= 0.6 is 11.6 Å². The molecular formula is C16H21ClN4O2. The van der Waals surface area contributed by atoms with Crippen LogP contribution in [-0.2, 0) is 9.59 Å². The summed E-state index contributed by atoms with van der Waals surface area (Å²) in [5.41, 5.74) is 1.03. The third-order valence-electron chi connectivity index (χ3n) is 4.35. The first-order valence-corrected chi connectivity index (χ1v) is 8.26. The Labute approximate surface area is 140 Å². The van der Waals surface area contributed by atoms with E-state index in [2.05, 4.69) is 15.5 Å². The molecule has 7 heteroatoms. The van der Waals surface area contributed by atoms with Crippen LogP contribution in [0.25, 0.3) is 0 Å². The Morgan fingerprint density at radius 1 is 1.26 bits per heavy atom. The molecule has 0 aromatic heterocycles. The normalized spacial score (nSPS) is 22.7. The van der Waals surface area contributed by atoms with E-state index in [0.717, 1.165) is 30.2 Å². The van der Waals surface area contributed by atoms with Gasteiger partial charge in [0.1, 0.15) is 0 Å². The quantitative estimate of drug-likeness (QED) is 0.830. The molecule has 0 saturated carbocycles. The van der Waals surface area contributed by atoms with Crippen molar-refractivity contribution >= 4 is 23.4 Å². The number of hydrogen-bond donors (Lipinski definition) is 2. The first kappa shape index (κ1) is 16.2. The van der Waals surface area contributed by atoms with Crippen LogP contribution in [0.1, 0.15) is 11.6 Å². The molecule has 2 aliphatic heterocycles. The van der Waals surface area contributed by atoms with Crippen LogP contribution in [0.15, 0.2) is 24.3 Å². The molecule has 0 radical (unpaired) electrons. The summed E-state index contributed by atoms with van der Waals surface area (Å²) in [5.74, 6) is -0.0913. The zero-order chi connectivity index (χ0) is 16.2. The van der Waals surface area contributed by atoms with E-state index in [1.165, 1.54) is 0 Å². The highest BCUT2D eigenvalue weighted by Crippen LogP contribution is 2.28. The number of halogens is 1. The molecule has 23 heavy (non-hydrogen) atoms. The molecule has 0 spiro atoms. The molecule has 124 valence electrons. The monoisotopic (exact) mass is 336 g/mol. The lowest BCUT2D eigenvalue weighted by atomic mass is 10.0. The van der Waals surface area contributed by atoms with Crippen molar-refractivity contribution < 1.29 is 9.59 Å². The molecule has 2 saturated heterocycles. The molecule has 0 aliphatic carbocycles. The van der Waals surface area contributed by atoms with Crippen molar-refractivity contribution in [2.24, 2.45) is 0 Å². The number of nitrogens with zero attached hydrogens (tertiary/aromatic N) is 2. The summed E-state index contributed by atoms with van der Waals surface area (Å²) >= 11 is 6.32. The lowest BCUT2D eigenvalue weighted by molar-refractivity contribution is -0.139. The largest absolute Gasteiger partial charge is 0.353 e. The van der Waals surface area contributed by atoms with E-state index in [9.17, 15) is 9.59 Å². The second kappa shape index (κ2) is 7.29. The Balaban J connectivity index is 1.70. The van der Waals surface area contributed by atoms with E-state index in [1.807, 2.05) is 24.3 Å². The van der Waals surface area contributed by atoms with Crippen molar-refractivity contribution in [3.63, 3.8) is 0 Å². The number of rotatable bonds is 3. The number of carbonyl (C=O) groups excluding carboxylic acids is 2. The van der Waals surface area contributed by atoms with Gasteiger partial charge in [-0.25, -0.2) is 0 Å². The zero-order valence-electron chi connectivity index (χ0n) is 12.9. The molecule has 2 aliphatic rings. The van der Waals surface area contributed by atoms with Gasteiger partial charge >= 0.3 is 0 Å². The fraction of sp³-hybridized carbons (Fsp3) is 0.500. The van der Waals surface area contributed by atoms with Crippen molar-refractivity contribution in [3.8, 4) is 0 Å². The molecule has 2 amide bonds. The van der Waals surface area contributed by atoms with Gasteiger partial charge in [0.25, 0.3) is 0 Å². The van der Waals surface area contributed by atoms with Crippen LogP contribution in [0.3, 0.4) is 0 Å². The molecule has 1 aromatic rings. The maximum atomic E-state index is 12.5. The second-order valence-corrected chi connectivity index (χ2v) is 6.28. The number of amides is 2. The summed E-state index contributed by atoms with van der Waals surface area (Å²) in [5, 5.41) is 6.82. The lowest BCUT2D eigenvalue weighted by Gasteiger charge is -2.38. The smallest absolute Gasteiger partial charge is 0.239 e. The maximum absolute atomic E-state index is 12.5. The lowest BCUT2D eigenvalue weighted by Crippen LogP contribution is -2.54. The number of carbonyl (C=O) groups is 2. The van der Waals surface area contributed by atoms with Gasteiger partial charge in [0.05, 0.1) is 13.1 Å². The van der Waals surface area contributed by atoms with Crippen molar-refractivity contribution in [1.29, 1.82) is 0 Å². The van der Waals surface area contributed by atoms with Crippen molar-refractivity contribution in [2.75, 3.05) is 45.8 Å². The Kier molecular flexibility index (Phi) is 5.15. The van der Waals surface area contributed by atoms with E-state index >= 15 is 0 Å². The van der Waals surface area contributed by atoms with Crippen LogP contribution in [0.4, 0.5) is 0 Å². The summed E-state index contributed by atoms with van der Waals surface area (Å²) in [7, 11) is 0. The number of benzene rings is 1. The zero-order valence-corrected chi connectivity index (χ0v) is 13.7. The molecule has 1 aromatic carbocycles. The minimum absolute atomic E-state index is 0.00111. The summed E-state index contributed by atoms with van der Waals surface area (Å²) in [6.07, 6.45) is 0. The van der Waals surface area contributed by atoms with Gasteiger partial charge in [-0.15, -0.1) is 0 Å². The summed E-state index contributed by atoms with van der Waals surface area (Å²) < 4.78 is 0. The number of nitrogens with one attached hydrogen (secondary N) is 2. The molecular weight excluding hydrogens is 316 g/mol. The Morgan fingerprint density at radius 2 is 2.09 bits per heavy atom. The fourth-order valence-corrected chi connectivity index (χ4v) is 3.37. The number of hydrogen-bond acceptors (Lipinski definition) is 4. The highest BCUT2D eigenvalue weighted by molar-refractivity contribution is 6.31. The van der Waals surface area contributed by atoms with Gasteiger partial charge in [0.15, 0.2) is 0 Å². The average molecular weight is 337 g/mol. The van der Waals surface area contributed by atoms with Gasteiger partial charge in [0, 0.05) is 43.8 Å². The van der Waals surface area contributed by atoms with E-state index in [0.29, 0.717) is 19.6 Å². The SMILES string of the molecule is O=C1CN(C(=O)CN2CCNCC2c2ccccc2Cl)CCN1. The summed E-state index contributed by atoms with van der Waals surface area (Å²) in [6, 6.07) is 7.82. The predicted molar refractivity (Wildman–Crippen MR) is 88.2 cm³/mol. The minimum Gasteiger partial charge on any atom is -0.353 e. The van der Waals surface area contributed by atoms with E-state index in [1.54, 1.807) is 4.90 Å². The molecule has 2 N–H and O–H groups in total. The van der Waals surface area contributed by atoms with Gasteiger partial charge in [-0.3, -0.25) is 14.5 Å². The molecule has 2 fully saturated rings. The summed E-state index contributed by atoms with van der Waals surface area (Å²) in [6.45, 7) is 3.95. The van der Waals surface area contributed by atoms with Crippen LogP contribution in [-0.4, -0.2) is 67.4 Å². The molecule has 6 nitrogen and oxygen atoms in total. The Bertz CT molecular complexity index is 595. The molecule has 1 atom stereocenters. The number of piperazine rings is 2. The van der Waals surface area contributed by atoms with Crippen LogP contribution in [0.5, 0.6) is 0 Å². The van der Waals surface area contributed by atoms with Crippen LogP contribution < -0.4 is 10.6 Å². The van der Waals surface area contributed by atoms with E-state index in [4.69, 9.17) is 11.6 Å². The highest BCUT2D eigenvalue weighted by Gasteiger charge is 2.29. The van der Waals surface area contributed by atoms with E-state index < -0.39 is 0 Å². The van der Waals surface area contributed by atoms with Crippen LogP contribution in [0, 0.1) is 0 Å². The van der Waals surface area contributed by atoms with Gasteiger partial charge in [0.2, 0.25) is 11.8 Å². The third kappa shape index (κ3) is 3.83. The predicted octanol–water partition coefficient (Wildman–Crippen LogP) is 0.245. The highest BCUT2D eigenvalue weighted by atomic mass is 35.5. The second-order valence-electron chi connectivity index (χ2n) is 5.88. The van der Waals surface area contributed by atoms with Gasteiger partial charge < -0.3 is 15.5 Å². The average Bonchev–Trinajstić information content (AvgIpc) is 2.56. The first-order valence-electron chi connectivity index (χ1n) is 7.89. The van der Waals surface area contributed by atoms with Gasteiger partial charge in [-0.1, -0.05) is 29.8 Å². The molecule has 3 rings (SSSR count). The molecule has 1 unspecified atom stereocenters. The van der Waals surface area contributed by atoms with Crippen LogP contribution in [0.2, 0.25) is 5.02 Å². The Hall–Kier alpha value is -1.63. The van der Waals surface area contributed by atoms with Crippen molar-refractivity contribution in [1.82, 2.24) is 20.4 Å². The first-order chi connectivity index (χ1) is 11.1. The standard InChI is InChI=1S/C16H21ClN4O2/c17-13-4-2-1-3-12(13)14-9-18-5-7-20(14)11-16(23)21-8-6-19-15(22)10-21/h1-4,14,18H,5-11H2,(H,19,22). The topological polar surface area (TPSA) is 64.7 Å². The fourth-order valence-electron chi connectivity index (χ4n) is 3.11. The third-order valence-corrected chi connectivity index (χ3v) is 4.69. The molecule has 2 heterocycles. The summed E-state index contributed by atoms with van der Waals surface area (Å²) in [4.78, 5) is 27.8. The maximum Gasteiger partial charge on any atom is 0.239 e. The van der Waals surface area contributed by atoms with Gasteiger partial charge in [-0.2, -0.15) is 0 Å². The Morgan fingerprint density at radius 3 is 2.87 bits per heavy atom. The van der Waals surface area contributed by atoms with Crippen molar-refractivity contribution in [3.05, 3.63) is 34.9 Å². The minimum atomic E-state index is -0.0902.